The van der Waals surface area contributed by atoms with Crippen LogP contribution in [0.5, 0.6) is 0 Å². The molecular formula is C5H7NO4S. The van der Waals surface area contributed by atoms with E-state index in [0.717, 1.165) is 11.8 Å². The van der Waals surface area contributed by atoms with Crippen LogP contribution in [0.3, 0.4) is 0 Å². The molecule has 0 bridgehead atoms. The molecule has 1 fully saturated rings. The molecular weight excluding hydrogens is 170 g/mol. The maximum atomic E-state index is 10.9. The van der Waals surface area contributed by atoms with Crippen molar-refractivity contribution in [2.45, 2.75) is 12.3 Å². The van der Waals surface area contributed by atoms with Gasteiger partial charge < -0.3 is 9.57 Å². The summed E-state index contributed by atoms with van der Waals surface area (Å²) in [4.78, 5) is 25.6. The molecule has 1 heterocycles. The molecule has 6 heteroatoms. The van der Waals surface area contributed by atoms with Gasteiger partial charge in [-0.05, 0) is 18.7 Å². The second-order valence-corrected chi connectivity index (χ2v) is 2.76. The first-order valence-electron chi connectivity index (χ1n) is 3.03. The summed E-state index contributed by atoms with van der Waals surface area (Å²) in [5.41, 5.74) is 2.23. The Labute approximate surface area is 67.4 Å². The van der Waals surface area contributed by atoms with Crippen molar-refractivity contribution in [3.63, 3.8) is 0 Å². The van der Waals surface area contributed by atoms with Gasteiger partial charge in [0.25, 0.3) is 0 Å². The Hall–Kier alpha value is -0.750. The van der Waals surface area contributed by atoms with Crippen LogP contribution in [0.15, 0.2) is 0 Å². The lowest BCUT2D eigenvalue weighted by molar-refractivity contribution is -0.144. The summed E-state index contributed by atoms with van der Waals surface area (Å²) >= 11 is 0.767. The summed E-state index contributed by atoms with van der Waals surface area (Å²) in [5.74, 6) is -0.483. The monoisotopic (exact) mass is 177 g/mol. The maximum Gasteiger partial charge on any atom is 0.388 e. The minimum atomic E-state index is -0.706. The first-order valence-corrected chi connectivity index (χ1v) is 3.91. The predicted molar refractivity (Wildman–Crippen MR) is 37.6 cm³/mol. The fraction of sp³-hybridized carbons (Fsp3) is 0.600. The molecule has 62 valence electrons. The molecule has 0 saturated carbocycles. The molecule has 0 amide bonds. The first kappa shape index (κ1) is 8.35. The minimum Gasteiger partial charge on any atom is -0.464 e. The zero-order valence-electron chi connectivity index (χ0n) is 5.83. The zero-order valence-corrected chi connectivity index (χ0v) is 6.64. The van der Waals surface area contributed by atoms with Gasteiger partial charge >= 0.3 is 11.3 Å². The number of hydrogen-bond donors (Lipinski definition) is 1. The molecule has 1 rings (SSSR count). The molecule has 1 N–H and O–H groups in total. The van der Waals surface area contributed by atoms with Crippen LogP contribution in [-0.2, 0) is 14.4 Å². The molecule has 1 unspecified atom stereocenters. The maximum absolute atomic E-state index is 10.9. The highest BCUT2D eigenvalue weighted by Gasteiger charge is 2.31. The van der Waals surface area contributed by atoms with Gasteiger partial charge in [0, 0.05) is 0 Å². The number of carbonyl (C=O) groups is 2. The molecule has 5 nitrogen and oxygen atoms in total. The standard InChI is InChI=1S/C5H7NO4S/c1-2-9-4(7)3-6-10-5(8)11-3/h3,6H,2H2,1H3. The Bertz CT molecular complexity index is 183. The van der Waals surface area contributed by atoms with E-state index in [1.807, 2.05) is 0 Å². The van der Waals surface area contributed by atoms with Gasteiger partial charge in [0.05, 0.1) is 6.61 Å². The van der Waals surface area contributed by atoms with Gasteiger partial charge in [-0.3, -0.25) is 0 Å². The van der Waals surface area contributed by atoms with Crippen LogP contribution in [0.25, 0.3) is 0 Å². The van der Waals surface area contributed by atoms with Crippen molar-refractivity contribution in [1.29, 1.82) is 0 Å². The summed E-state index contributed by atoms with van der Waals surface area (Å²) in [6.45, 7) is 1.99. The lowest BCUT2D eigenvalue weighted by Crippen LogP contribution is -2.29. The van der Waals surface area contributed by atoms with Gasteiger partial charge in [-0.15, -0.1) is 5.48 Å². The Morgan fingerprint density at radius 2 is 2.64 bits per heavy atom. The normalized spacial score (nSPS) is 23.0. The van der Waals surface area contributed by atoms with Gasteiger partial charge in [0.15, 0.2) is 5.37 Å². The Kier molecular flexibility index (Phi) is 2.72. The number of carbonyl (C=O) groups excluding carboxylic acids is 2. The average Bonchev–Trinajstić information content (AvgIpc) is 2.36. The number of esters is 1. The minimum absolute atomic E-state index is 0.297. The van der Waals surface area contributed by atoms with Crippen molar-refractivity contribution >= 4 is 23.0 Å². The van der Waals surface area contributed by atoms with E-state index in [2.05, 4.69) is 15.1 Å². The Morgan fingerprint density at radius 3 is 3.09 bits per heavy atom. The molecule has 0 aromatic rings. The van der Waals surface area contributed by atoms with Crippen molar-refractivity contribution in [2.24, 2.45) is 0 Å². The summed E-state index contributed by atoms with van der Waals surface area (Å²) in [6, 6.07) is 0. The molecule has 11 heavy (non-hydrogen) atoms. The summed E-state index contributed by atoms with van der Waals surface area (Å²) in [7, 11) is 0. The third-order valence-electron chi connectivity index (χ3n) is 0.964. The summed E-state index contributed by atoms with van der Waals surface area (Å²) < 4.78 is 4.62. The number of nitrogens with one attached hydrogen (secondary N) is 1. The first-order chi connectivity index (χ1) is 5.24. The van der Waals surface area contributed by atoms with Gasteiger partial charge in [0.1, 0.15) is 0 Å². The van der Waals surface area contributed by atoms with Crippen LogP contribution < -0.4 is 5.48 Å². The highest BCUT2D eigenvalue weighted by Crippen LogP contribution is 2.18. The van der Waals surface area contributed by atoms with E-state index in [9.17, 15) is 9.59 Å². The van der Waals surface area contributed by atoms with E-state index < -0.39 is 16.6 Å². The van der Waals surface area contributed by atoms with Crippen molar-refractivity contribution in [3.8, 4) is 0 Å². The van der Waals surface area contributed by atoms with Gasteiger partial charge in [-0.2, -0.15) is 0 Å². The third kappa shape index (κ3) is 2.09. The SMILES string of the molecule is CCOC(=O)C1NOC(=O)S1. The lowest BCUT2D eigenvalue weighted by Gasteiger charge is -2.03. The second-order valence-electron chi connectivity index (χ2n) is 1.72. The van der Waals surface area contributed by atoms with Crippen molar-refractivity contribution in [3.05, 3.63) is 0 Å². The highest BCUT2D eigenvalue weighted by atomic mass is 32.2. The number of rotatable bonds is 2. The molecule has 1 atom stereocenters. The smallest absolute Gasteiger partial charge is 0.388 e. The number of ether oxygens (including phenoxy) is 1. The third-order valence-corrected chi connectivity index (χ3v) is 1.76. The molecule has 1 saturated heterocycles. The zero-order chi connectivity index (χ0) is 8.27. The molecule has 0 aliphatic carbocycles. The van der Waals surface area contributed by atoms with E-state index in [-0.39, 0.29) is 0 Å². The molecule has 0 radical (unpaired) electrons. The molecule has 0 aromatic heterocycles. The summed E-state index contributed by atoms with van der Waals surface area (Å²) in [5, 5.41) is -1.22. The van der Waals surface area contributed by atoms with Crippen LogP contribution in [0, 0.1) is 0 Å². The van der Waals surface area contributed by atoms with Crippen molar-refractivity contribution < 1.29 is 19.2 Å². The van der Waals surface area contributed by atoms with E-state index in [1.54, 1.807) is 6.92 Å². The molecule has 1 aliphatic heterocycles. The topological polar surface area (TPSA) is 64.6 Å². The number of hydrogen-bond acceptors (Lipinski definition) is 6. The van der Waals surface area contributed by atoms with E-state index in [0.29, 0.717) is 6.61 Å². The number of thioether (sulfide) groups is 1. The van der Waals surface area contributed by atoms with Crippen molar-refractivity contribution in [1.82, 2.24) is 5.48 Å². The molecule has 0 spiro atoms. The van der Waals surface area contributed by atoms with Gasteiger partial charge in [0.2, 0.25) is 0 Å². The summed E-state index contributed by atoms with van der Waals surface area (Å²) in [6.07, 6.45) is 0. The van der Waals surface area contributed by atoms with Crippen LogP contribution in [0.4, 0.5) is 4.79 Å². The van der Waals surface area contributed by atoms with E-state index in [1.165, 1.54) is 0 Å². The fourth-order valence-corrected chi connectivity index (χ4v) is 1.11. The van der Waals surface area contributed by atoms with E-state index in [4.69, 9.17) is 0 Å². The number of hydroxylamine groups is 1. The molecule has 0 aromatic carbocycles. The molecule has 1 aliphatic rings. The highest BCUT2D eigenvalue weighted by molar-refractivity contribution is 8.14. The van der Waals surface area contributed by atoms with Crippen LogP contribution in [0.2, 0.25) is 0 Å². The van der Waals surface area contributed by atoms with Crippen molar-refractivity contribution in [2.75, 3.05) is 6.61 Å². The largest absolute Gasteiger partial charge is 0.464 e. The lowest BCUT2D eigenvalue weighted by atomic mass is 10.7. The predicted octanol–water partition coefficient (Wildman–Crippen LogP) is 0.264. The van der Waals surface area contributed by atoms with Gasteiger partial charge in [-0.1, -0.05) is 0 Å². The second kappa shape index (κ2) is 3.59. The van der Waals surface area contributed by atoms with Gasteiger partial charge in [-0.25, -0.2) is 9.59 Å². The van der Waals surface area contributed by atoms with Crippen LogP contribution in [0.1, 0.15) is 6.92 Å². The van der Waals surface area contributed by atoms with Crippen LogP contribution >= 0.6 is 11.8 Å². The quantitative estimate of drug-likeness (QED) is 0.610. The van der Waals surface area contributed by atoms with E-state index >= 15 is 0 Å². The Balaban J connectivity index is 2.37. The fourth-order valence-electron chi connectivity index (χ4n) is 0.560. The Morgan fingerprint density at radius 1 is 1.91 bits per heavy atom. The average molecular weight is 177 g/mol. The van der Waals surface area contributed by atoms with Crippen LogP contribution in [-0.4, -0.2) is 23.3 Å².